The number of hydrogen-bond acceptors (Lipinski definition) is 5. The summed E-state index contributed by atoms with van der Waals surface area (Å²) in [5.41, 5.74) is 0.967. The predicted molar refractivity (Wildman–Crippen MR) is 87.1 cm³/mol. The van der Waals surface area contributed by atoms with Crippen LogP contribution in [-0.2, 0) is 11.3 Å². The third-order valence-electron chi connectivity index (χ3n) is 3.79. The molecule has 1 aromatic carbocycles. The highest BCUT2D eigenvalue weighted by molar-refractivity contribution is 5.78. The number of hydrogen-bond donors (Lipinski definition) is 1. The van der Waals surface area contributed by atoms with Gasteiger partial charge < -0.3 is 15.0 Å². The van der Waals surface area contributed by atoms with Crippen molar-refractivity contribution in [1.29, 1.82) is 0 Å². The van der Waals surface area contributed by atoms with Crippen LogP contribution in [0.25, 0.3) is 0 Å². The largest absolute Gasteiger partial charge is 0.483 e. The molecule has 23 heavy (non-hydrogen) atoms. The summed E-state index contributed by atoms with van der Waals surface area (Å²) < 4.78 is 5.73. The molecule has 6 heteroatoms. The zero-order valence-corrected chi connectivity index (χ0v) is 12.9. The Kier molecular flexibility index (Phi) is 5.03. The van der Waals surface area contributed by atoms with Crippen LogP contribution in [0.1, 0.15) is 18.4 Å². The molecular weight excluding hydrogens is 292 g/mol. The van der Waals surface area contributed by atoms with E-state index in [1.165, 1.54) is 0 Å². The molecule has 0 aliphatic carbocycles. The fraction of sp³-hybridized carbons (Fsp3) is 0.353. The molecule has 0 unspecified atom stereocenters. The molecule has 120 valence electrons. The Hall–Kier alpha value is -2.63. The van der Waals surface area contributed by atoms with E-state index in [0.717, 1.165) is 31.5 Å². The van der Waals surface area contributed by atoms with Gasteiger partial charge in [-0.05, 0) is 25.0 Å². The van der Waals surface area contributed by atoms with Gasteiger partial charge in [0.1, 0.15) is 5.75 Å². The van der Waals surface area contributed by atoms with Crippen molar-refractivity contribution in [1.82, 2.24) is 14.9 Å². The summed E-state index contributed by atoms with van der Waals surface area (Å²) in [4.78, 5) is 22.2. The standard InChI is InChI=1S/C17H20N4O2/c22-16(21-10-3-4-11-21)13-23-15-7-2-1-6-14(15)12-20-17-18-8-5-9-19-17/h1-2,5-9H,3-4,10-13H2,(H,18,19,20). The quantitative estimate of drug-likeness (QED) is 0.884. The van der Waals surface area contributed by atoms with Gasteiger partial charge in [-0.1, -0.05) is 18.2 Å². The van der Waals surface area contributed by atoms with E-state index in [-0.39, 0.29) is 12.5 Å². The van der Waals surface area contributed by atoms with Crippen LogP contribution in [0.2, 0.25) is 0 Å². The number of anilines is 1. The molecule has 0 atom stereocenters. The van der Waals surface area contributed by atoms with Crippen molar-refractivity contribution in [3.05, 3.63) is 48.3 Å². The molecule has 1 aliphatic rings. The van der Waals surface area contributed by atoms with Crippen molar-refractivity contribution in [2.24, 2.45) is 0 Å². The van der Waals surface area contributed by atoms with Gasteiger partial charge >= 0.3 is 0 Å². The number of amides is 1. The van der Waals surface area contributed by atoms with Gasteiger partial charge in [-0.3, -0.25) is 4.79 Å². The average Bonchev–Trinajstić information content (AvgIpc) is 3.14. The number of carbonyl (C=O) groups excluding carboxylic acids is 1. The zero-order chi connectivity index (χ0) is 15.9. The molecule has 1 saturated heterocycles. The second-order valence-corrected chi connectivity index (χ2v) is 5.41. The molecule has 1 aromatic heterocycles. The van der Waals surface area contributed by atoms with Gasteiger partial charge in [0.2, 0.25) is 5.95 Å². The highest BCUT2D eigenvalue weighted by Crippen LogP contribution is 2.19. The molecule has 0 radical (unpaired) electrons. The highest BCUT2D eigenvalue weighted by atomic mass is 16.5. The van der Waals surface area contributed by atoms with Gasteiger partial charge in [0, 0.05) is 37.6 Å². The van der Waals surface area contributed by atoms with E-state index < -0.39 is 0 Å². The van der Waals surface area contributed by atoms with E-state index in [1.54, 1.807) is 18.5 Å². The number of nitrogens with one attached hydrogen (secondary N) is 1. The Morgan fingerprint density at radius 2 is 1.87 bits per heavy atom. The normalized spacial score (nSPS) is 13.8. The molecule has 1 N–H and O–H groups in total. The van der Waals surface area contributed by atoms with Gasteiger partial charge in [-0.2, -0.15) is 0 Å². The van der Waals surface area contributed by atoms with Gasteiger partial charge in [0.05, 0.1) is 0 Å². The van der Waals surface area contributed by atoms with Crippen LogP contribution in [-0.4, -0.2) is 40.5 Å². The number of likely N-dealkylation sites (tertiary alicyclic amines) is 1. The van der Waals surface area contributed by atoms with E-state index in [0.29, 0.717) is 18.2 Å². The first kappa shape index (κ1) is 15.3. The van der Waals surface area contributed by atoms with Crippen LogP contribution in [0.5, 0.6) is 5.75 Å². The number of carbonyl (C=O) groups is 1. The topological polar surface area (TPSA) is 67.3 Å². The molecule has 3 rings (SSSR count). The summed E-state index contributed by atoms with van der Waals surface area (Å²) in [6, 6.07) is 9.45. The Labute approximate surface area is 135 Å². The van der Waals surface area contributed by atoms with E-state index in [1.807, 2.05) is 29.2 Å². The Balaban J connectivity index is 1.58. The lowest BCUT2D eigenvalue weighted by Crippen LogP contribution is -2.32. The smallest absolute Gasteiger partial charge is 0.260 e. The summed E-state index contributed by atoms with van der Waals surface area (Å²) in [6.45, 7) is 2.31. The van der Waals surface area contributed by atoms with Crippen LogP contribution >= 0.6 is 0 Å². The maximum Gasteiger partial charge on any atom is 0.260 e. The molecule has 1 fully saturated rings. The van der Waals surface area contributed by atoms with Crippen molar-refractivity contribution in [2.75, 3.05) is 25.0 Å². The van der Waals surface area contributed by atoms with Crippen LogP contribution in [0.15, 0.2) is 42.7 Å². The SMILES string of the molecule is O=C(COc1ccccc1CNc1ncccn1)N1CCCC1. The van der Waals surface area contributed by atoms with Gasteiger partial charge in [0.15, 0.2) is 6.61 Å². The molecular formula is C17H20N4O2. The summed E-state index contributed by atoms with van der Waals surface area (Å²) in [5.74, 6) is 1.33. The molecule has 0 saturated carbocycles. The van der Waals surface area contributed by atoms with Crippen molar-refractivity contribution < 1.29 is 9.53 Å². The molecule has 0 spiro atoms. The van der Waals surface area contributed by atoms with Gasteiger partial charge in [-0.25, -0.2) is 9.97 Å². The maximum absolute atomic E-state index is 12.1. The lowest BCUT2D eigenvalue weighted by Gasteiger charge is -2.17. The minimum Gasteiger partial charge on any atom is -0.483 e. The lowest BCUT2D eigenvalue weighted by molar-refractivity contribution is -0.132. The van der Waals surface area contributed by atoms with Crippen LogP contribution in [0.3, 0.4) is 0 Å². The molecule has 1 amide bonds. The second kappa shape index (κ2) is 7.58. The average molecular weight is 312 g/mol. The molecule has 6 nitrogen and oxygen atoms in total. The van der Waals surface area contributed by atoms with Crippen molar-refractivity contribution in [3.8, 4) is 5.75 Å². The first-order valence-electron chi connectivity index (χ1n) is 7.82. The molecule has 1 aliphatic heterocycles. The molecule has 2 aromatic rings. The number of ether oxygens (including phenoxy) is 1. The first-order valence-corrected chi connectivity index (χ1v) is 7.82. The Morgan fingerprint density at radius 3 is 2.65 bits per heavy atom. The third kappa shape index (κ3) is 4.18. The Morgan fingerprint density at radius 1 is 1.13 bits per heavy atom. The highest BCUT2D eigenvalue weighted by Gasteiger charge is 2.18. The lowest BCUT2D eigenvalue weighted by atomic mass is 10.2. The number of rotatable bonds is 6. The monoisotopic (exact) mass is 312 g/mol. The summed E-state index contributed by atoms with van der Waals surface area (Å²) in [6.07, 6.45) is 5.55. The van der Waals surface area contributed by atoms with E-state index in [9.17, 15) is 4.79 Å². The fourth-order valence-corrected chi connectivity index (χ4v) is 2.55. The van der Waals surface area contributed by atoms with Gasteiger partial charge in [0.25, 0.3) is 5.91 Å². The first-order chi connectivity index (χ1) is 11.3. The number of para-hydroxylation sites is 1. The van der Waals surface area contributed by atoms with Crippen LogP contribution in [0.4, 0.5) is 5.95 Å². The third-order valence-corrected chi connectivity index (χ3v) is 3.79. The summed E-state index contributed by atoms with van der Waals surface area (Å²) in [5, 5.41) is 3.15. The predicted octanol–water partition coefficient (Wildman–Crippen LogP) is 2.09. The van der Waals surface area contributed by atoms with Crippen molar-refractivity contribution in [3.63, 3.8) is 0 Å². The van der Waals surface area contributed by atoms with E-state index in [2.05, 4.69) is 15.3 Å². The van der Waals surface area contributed by atoms with Crippen LogP contribution < -0.4 is 10.1 Å². The second-order valence-electron chi connectivity index (χ2n) is 5.41. The fourth-order valence-electron chi connectivity index (χ4n) is 2.55. The van der Waals surface area contributed by atoms with Gasteiger partial charge in [-0.15, -0.1) is 0 Å². The molecule has 0 bridgehead atoms. The number of aromatic nitrogens is 2. The number of nitrogens with zero attached hydrogens (tertiary/aromatic N) is 3. The Bertz CT molecular complexity index is 642. The summed E-state index contributed by atoms with van der Waals surface area (Å²) in [7, 11) is 0. The van der Waals surface area contributed by atoms with Crippen LogP contribution in [0, 0.1) is 0 Å². The van der Waals surface area contributed by atoms with E-state index >= 15 is 0 Å². The zero-order valence-electron chi connectivity index (χ0n) is 12.9. The summed E-state index contributed by atoms with van der Waals surface area (Å²) >= 11 is 0. The van der Waals surface area contributed by atoms with E-state index in [4.69, 9.17) is 4.74 Å². The minimum atomic E-state index is 0.0525. The maximum atomic E-state index is 12.1. The number of benzene rings is 1. The van der Waals surface area contributed by atoms with Crippen molar-refractivity contribution in [2.45, 2.75) is 19.4 Å². The molecule has 2 heterocycles. The van der Waals surface area contributed by atoms with Crippen molar-refractivity contribution >= 4 is 11.9 Å². The minimum absolute atomic E-state index is 0.0525.